The summed E-state index contributed by atoms with van der Waals surface area (Å²) >= 11 is 3.20. The predicted molar refractivity (Wildman–Crippen MR) is 41.7 cm³/mol. The van der Waals surface area contributed by atoms with E-state index in [1.54, 1.807) is 12.3 Å². The molecule has 4 heteroatoms. The SMILES string of the molecule is [B]c1cc(Br)cnc1N. The molecular formula is C5H4BBrN2. The molecule has 0 aromatic carbocycles. The van der Waals surface area contributed by atoms with Crippen LogP contribution in [0.4, 0.5) is 5.82 Å². The molecule has 1 aromatic heterocycles. The quantitative estimate of drug-likeness (QED) is 0.584. The minimum atomic E-state index is 0.373. The lowest BCUT2D eigenvalue weighted by Gasteiger charge is -1.96. The summed E-state index contributed by atoms with van der Waals surface area (Å²) in [4.78, 5) is 3.78. The van der Waals surface area contributed by atoms with Crippen molar-refractivity contribution in [3.8, 4) is 0 Å². The second-order valence-corrected chi connectivity index (χ2v) is 2.54. The summed E-state index contributed by atoms with van der Waals surface area (Å²) in [5.41, 5.74) is 5.84. The fraction of sp³-hybridized carbons (Fsp3) is 0. The average Bonchev–Trinajstić information content (AvgIpc) is 1.80. The largest absolute Gasteiger partial charge is 0.384 e. The Morgan fingerprint density at radius 1 is 1.67 bits per heavy atom. The molecule has 0 saturated heterocycles. The van der Waals surface area contributed by atoms with Crippen molar-refractivity contribution in [3.05, 3.63) is 16.7 Å². The Balaban J connectivity index is 3.17. The monoisotopic (exact) mass is 182 g/mol. The van der Waals surface area contributed by atoms with Gasteiger partial charge in [0.1, 0.15) is 13.7 Å². The maximum Gasteiger partial charge on any atom is 0.119 e. The second-order valence-electron chi connectivity index (χ2n) is 1.63. The van der Waals surface area contributed by atoms with Crippen molar-refractivity contribution in [2.75, 3.05) is 5.73 Å². The highest BCUT2D eigenvalue weighted by atomic mass is 79.9. The summed E-state index contributed by atoms with van der Waals surface area (Å²) in [5, 5.41) is 0. The Kier molecular flexibility index (Phi) is 1.76. The van der Waals surface area contributed by atoms with Gasteiger partial charge in [-0.15, -0.1) is 0 Å². The summed E-state index contributed by atoms with van der Waals surface area (Å²) in [5.74, 6) is 0.373. The summed E-state index contributed by atoms with van der Waals surface area (Å²) in [6.07, 6.45) is 1.60. The van der Waals surface area contributed by atoms with E-state index in [0.717, 1.165) is 4.47 Å². The number of hydrogen-bond acceptors (Lipinski definition) is 2. The highest BCUT2D eigenvalue weighted by molar-refractivity contribution is 9.10. The molecule has 1 heterocycles. The Labute approximate surface area is 63.0 Å². The van der Waals surface area contributed by atoms with E-state index < -0.39 is 0 Å². The molecule has 0 aliphatic heterocycles. The van der Waals surface area contributed by atoms with Gasteiger partial charge in [-0.2, -0.15) is 0 Å². The van der Waals surface area contributed by atoms with Crippen molar-refractivity contribution >= 4 is 35.1 Å². The van der Waals surface area contributed by atoms with E-state index in [4.69, 9.17) is 13.6 Å². The number of halogens is 1. The van der Waals surface area contributed by atoms with Crippen LogP contribution in [0.25, 0.3) is 0 Å². The lowest BCUT2D eigenvalue weighted by atomic mass is 9.98. The van der Waals surface area contributed by atoms with E-state index in [-0.39, 0.29) is 0 Å². The number of anilines is 1. The maximum absolute atomic E-state index is 5.40. The molecule has 2 radical (unpaired) electrons. The van der Waals surface area contributed by atoms with E-state index in [2.05, 4.69) is 20.9 Å². The normalized spacial score (nSPS) is 9.44. The highest BCUT2D eigenvalue weighted by Gasteiger charge is 1.92. The molecule has 0 aliphatic carbocycles. The van der Waals surface area contributed by atoms with Crippen LogP contribution < -0.4 is 11.2 Å². The Bertz CT molecular complexity index is 226. The van der Waals surface area contributed by atoms with Crippen molar-refractivity contribution in [1.29, 1.82) is 0 Å². The predicted octanol–water partition coefficient (Wildman–Crippen LogP) is 0.220. The van der Waals surface area contributed by atoms with Crippen LogP contribution in [-0.4, -0.2) is 12.8 Å². The molecule has 0 unspecified atom stereocenters. The zero-order valence-corrected chi connectivity index (χ0v) is 6.22. The van der Waals surface area contributed by atoms with Gasteiger partial charge >= 0.3 is 0 Å². The average molecular weight is 183 g/mol. The molecule has 2 nitrogen and oxygen atoms in total. The van der Waals surface area contributed by atoms with Gasteiger partial charge in [-0.05, 0) is 22.0 Å². The Morgan fingerprint density at radius 3 is 2.78 bits per heavy atom. The minimum absolute atomic E-state index is 0.373. The molecule has 44 valence electrons. The summed E-state index contributed by atoms with van der Waals surface area (Å²) in [6, 6.07) is 1.71. The minimum Gasteiger partial charge on any atom is -0.384 e. The van der Waals surface area contributed by atoms with E-state index in [1.807, 2.05) is 0 Å². The van der Waals surface area contributed by atoms with Crippen molar-refractivity contribution in [2.45, 2.75) is 0 Å². The first-order valence-corrected chi connectivity index (χ1v) is 3.16. The zero-order valence-electron chi connectivity index (χ0n) is 4.63. The van der Waals surface area contributed by atoms with Gasteiger partial charge in [0.2, 0.25) is 0 Å². The third-order valence-corrected chi connectivity index (χ3v) is 1.35. The standard InChI is InChI=1S/C5H4BBrN2/c6-4-1-3(7)2-9-5(4)8/h1-2H,(H2,8,9). The van der Waals surface area contributed by atoms with E-state index in [9.17, 15) is 0 Å². The van der Waals surface area contributed by atoms with Crippen LogP contribution in [0.1, 0.15) is 0 Å². The molecular weight excluding hydrogens is 179 g/mol. The smallest absolute Gasteiger partial charge is 0.119 e. The van der Waals surface area contributed by atoms with Gasteiger partial charge < -0.3 is 5.73 Å². The third kappa shape index (κ3) is 1.45. The Hall–Kier alpha value is -0.505. The van der Waals surface area contributed by atoms with Crippen molar-refractivity contribution in [1.82, 2.24) is 4.98 Å². The molecule has 0 bridgehead atoms. The molecule has 2 N–H and O–H groups in total. The molecule has 0 aliphatic rings. The molecule has 0 amide bonds. The van der Waals surface area contributed by atoms with Crippen LogP contribution in [0, 0.1) is 0 Å². The van der Waals surface area contributed by atoms with Crippen LogP contribution in [-0.2, 0) is 0 Å². The number of hydrogen-bond donors (Lipinski definition) is 1. The third-order valence-electron chi connectivity index (χ3n) is 0.916. The van der Waals surface area contributed by atoms with Crippen molar-refractivity contribution in [2.24, 2.45) is 0 Å². The molecule has 0 fully saturated rings. The number of pyridine rings is 1. The molecule has 1 rings (SSSR count). The van der Waals surface area contributed by atoms with Crippen LogP contribution in [0.5, 0.6) is 0 Å². The fourth-order valence-electron chi connectivity index (χ4n) is 0.466. The lowest BCUT2D eigenvalue weighted by Crippen LogP contribution is -2.10. The van der Waals surface area contributed by atoms with Crippen LogP contribution in [0.15, 0.2) is 16.7 Å². The van der Waals surface area contributed by atoms with Gasteiger partial charge in [0.15, 0.2) is 0 Å². The molecule has 0 saturated carbocycles. The summed E-state index contributed by atoms with van der Waals surface area (Å²) in [6.45, 7) is 0. The maximum atomic E-state index is 5.40. The van der Waals surface area contributed by atoms with Gasteiger partial charge in [-0.1, -0.05) is 5.46 Å². The lowest BCUT2D eigenvalue weighted by molar-refractivity contribution is 1.34. The number of nitrogens with two attached hydrogens (primary N) is 1. The van der Waals surface area contributed by atoms with Gasteiger partial charge in [0, 0.05) is 10.7 Å². The first kappa shape index (κ1) is 6.61. The summed E-state index contributed by atoms with van der Waals surface area (Å²) < 4.78 is 0.842. The zero-order chi connectivity index (χ0) is 6.85. The first-order chi connectivity index (χ1) is 4.20. The van der Waals surface area contributed by atoms with Crippen LogP contribution in [0.2, 0.25) is 0 Å². The van der Waals surface area contributed by atoms with E-state index in [0.29, 0.717) is 11.3 Å². The van der Waals surface area contributed by atoms with Crippen LogP contribution >= 0.6 is 15.9 Å². The topological polar surface area (TPSA) is 38.9 Å². The molecule has 0 atom stereocenters. The molecule has 0 spiro atoms. The number of nitrogens with zero attached hydrogens (tertiary/aromatic N) is 1. The number of rotatable bonds is 0. The molecule has 9 heavy (non-hydrogen) atoms. The highest BCUT2D eigenvalue weighted by Crippen LogP contribution is 2.04. The fourth-order valence-corrected chi connectivity index (χ4v) is 0.815. The number of nitrogen functional groups attached to an aromatic ring is 1. The van der Waals surface area contributed by atoms with Crippen molar-refractivity contribution in [3.63, 3.8) is 0 Å². The number of aromatic nitrogens is 1. The van der Waals surface area contributed by atoms with Gasteiger partial charge in [0.05, 0.1) is 0 Å². The van der Waals surface area contributed by atoms with Gasteiger partial charge in [0.25, 0.3) is 0 Å². The van der Waals surface area contributed by atoms with Gasteiger partial charge in [-0.3, -0.25) is 0 Å². The van der Waals surface area contributed by atoms with E-state index in [1.165, 1.54) is 0 Å². The second kappa shape index (κ2) is 2.39. The first-order valence-electron chi connectivity index (χ1n) is 2.36. The Morgan fingerprint density at radius 2 is 2.33 bits per heavy atom. The van der Waals surface area contributed by atoms with Crippen molar-refractivity contribution < 1.29 is 0 Å². The van der Waals surface area contributed by atoms with E-state index >= 15 is 0 Å². The van der Waals surface area contributed by atoms with Gasteiger partial charge in [-0.25, -0.2) is 4.98 Å². The molecule has 1 aromatic rings. The van der Waals surface area contributed by atoms with Crippen LogP contribution in [0.3, 0.4) is 0 Å². The summed E-state index contributed by atoms with van der Waals surface area (Å²) in [7, 11) is 5.40.